The second-order valence-electron chi connectivity index (χ2n) is 1.72. The van der Waals surface area contributed by atoms with E-state index in [1.807, 2.05) is 0 Å². The molecule has 1 aromatic heterocycles. The van der Waals surface area contributed by atoms with Crippen LogP contribution in [0.15, 0.2) is 17.4 Å². The maximum absolute atomic E-state index is 10.3. The summed E-state index contributed by atoms with van der Waals surface area (Å²) in [6, 6.07) is 1.39. The first kappa shape index (κ1) is 7.26. The summed E-state index contributed by atoms with van der Waals surface area (Å²) in [7, 11) is 0. The number of nitrogens with zero attached hydrogens (tertiary/aromatic N) is 2. The highest BCUT2D eigenvalue weighted by Gasteiger charge is 2.13. The first-order valence-corrected chi connectivity index (χ1v) is 2.71. The van der Waals surface area contributed by atoms with Crippen molar-refractivity contribution in [1.82, 2.24) is 10.2 Å². The Morgan fingerprint density at radius 2 is 2.45 bits per heavy atom. The maximum Gasteiger partial charge on any atom is 0.360 e. The summed E-state index contributed by atoms with van der Waals surface area (Å²) < 4.78 is 0. The third-order valence-electron chi connectivity index (χ3n) is 1.06. The molecule has 0 aliphatic heterocycles. The van der Waals surface area contributed by atoms with Crippen LogP contribution in [0.1, 0.15) is 5.69 Å². The lowest BCUT2D eigenvalue weighted by Crippen LogP contribution is -2.14. The van der Waals surface area contributed by atoms with E-state index < -0.39 is 11.7 Å². The standard InChI is InChI=1S/C5H5N3O3/c9-5(10)4(8-11)3-1-2-6-7-3/h1-2,11H,(H,6,7)(H,9,10). The summed E-state index contributed by atoms with van der Waals surface area (Å²) in [6.07, 6.45) is 1.36. The number of aromatic nitrogens is 2. The Balaban J connectivity index is 2.99. The molecule has 0 bridgehead atoms. The van der Waals surface area contributed by atoms with Gasteiger partial charge in [-0.1, -0.05) is 5.16 Å². The van der Waals surface area contributed by atoms with E-state index >= 15 is 0 Å². The molecule has 0 saturated carbocycles. The molecule has 0 unspecified atom stereocenters. The zero-order chi connectivity index (χ0) is 8.27. The minimum atomic E-state index is -1.31. The molecule has 11 heavy (non-hydrogen) atoms. The average molecular weight is 155 g/mol. The van der Waals surface area contributed by atoms with Crippen LogP contribution in [0.4, 0.5) is 0 Å². The van der Waals surface area contributed by atoms with Crippen LogP contribution in [-0.4, -0.2) is 32.2 Å². The Morgan fingerprint density at radius 3 is 2.82 bits per heavy atom. The molecule has 0 aliphatic carbocycles. The first-order chi connectivity index (χ1) is 5.25. The van der Waals surface area contributed by atoms with Crippen molar-refractivity contribution >= 4 is 11.7 Å². The molecular weight excluding hydrogens is 150 g/mol. The normalized spacial score (nSPS) is 11.5. The molecule has 58 valence electrons. The van der Waals surface area contributed by atoms with Crippen LogP contribution in [0.25, 0.3) is 0 Å². The number of aromatic amines is 1. The number of rotatable bonds is 2. The number of carboxylic acids is 1. The Hall–Kier alpha value is -1.85. The third-order valence-corrected chi connectivity index (χ3v) is 1.06. The van der Waals surface area contributed by atoms with Gasteiger partial charge in [-0.05, 0) is 6.07 Å². The Bertz CT molecular complexity index is 277. The molecule has 0 radical (unpaired) electrons. The summed E-state index contributed by atoms with van der Waals surface area (Å²) in [5.41, 5.74) is -0.289. The molecule has 6 nitrogen and oxygen atoms in total. The van der Waals surface area contributed by atoms with Crippen molar-refractivity contribution in [1.29, 1.82) is 0 Å². The third kappa shape index (κ3) is 1.34. The highest BCUT2D eigenvalue weighted by Crippen LogP contribution is 1.94. The summed E-state index contributed by atoms with van der Waals surface area (Å²) in [5, 5.41) is 25.1. The SMILES string of the molecule is O=C(O)C(=NO)c1ccn[nH]1. The van der Waals surface area contributed by atoms with Gasteiger partial charge in [0.05, 0.1) is 5.69 Å². The monoisotopic (exact) mass is 155 g/mol. The number of carbonyl (C=O) groups is 1. The molecule has 0 spiro atoms. The average Bonchev–Trinajstić information content (AvgIpc) is 2.40. The van der Waals surface area contributed by atoms with Crippen LogP contribution in [0.3, 0.4) is 0 Å². The molecule has 1 aromatic rings. The van der Waals surface area contributed by atoms with E-state index in [2.05, 4.69) is 15.4 Å². The fraction of sp³-hybridized carbons (Fsp3) is 0. The van der Waals surface area contributed by atoms with Crippen LogP contribution in [0, 0.1) is 0 Å². The van der Waals surface area contributed by atoms with Crippen molar-refractivity contribution in [2.75, 3.05) is 0 Å². The Labute approximate surface area is 61.2 Å². The van der Waals surface area contributed by atoms with E-state index in [-0.39, 0.29) is 5.69 Å². The largest absolute Gasteiger partial charge is 0.476 e. The van der Waals surface area contributed by atoms with Gasteiger partial charge in [-0.2, -0.15) is 5.10 Å². The summed E-state index contributed by atoms with van der Waals surface area (Å²) in [5.74, 6) is -1.31. The smallest absolute Gasteiger partial charge is 0.360 e. The molecule has 0 atom stereocenters. The zero-order valence-corrected chi connectivity index (χ0v) is 5.35. The second kappa shape index (κ2) is 2.82. The first-order valence-electron chi connectivity index (χ1n) is 2.71. The predicted molar refractivity (Wildman–Crippen MR) is 34.5 cm³/mol. The van der Waals surface area contributed by atoms with E-state index in [1.54, 1.807) is 0 Å². The number of hydrogen-bond donors (Lipinski definition) is 3. The van der Waals surface area contributed by atoms with Gasteiger partial charge >= 0.3 is 5.97 Å². The quantitative estimate of drug-likeness (QED) is 0.309. The molecule has 1 rings (SSSR count). The van der Waals surface area contributed by atoms with Crippen molar-refractivity contribution in [3.8, 4) is 0 Å². The number of aliphatic carboxylic acids is 1. The van der Waals surface area contributed by atoms with Gasteiger partial charge < -0.3 is 10.3 Å². The minimum absolute atomic E-state index is 0.167. The van der Waals surface area contributed by atoms with Gasteiger partial charge in [-0.25, -0.2) is 4.79 Å². The number of carboxylic acid groups (broad SMARTS) is 1. The second-order valence-corrected chi connectivity index (χ2v) is 1.72. The van der Waals surface area contributed by atoms with Gasteiger partial charge in [0.1, 0.15) is 0 Å². The van der Waals surface area contributed by atoms with E-state index in [9.17, 15) is 4.79 Å². The molecule has 0 amide bonds. The van der Waals surface area contributed by atoms with Gasteiger partial charge in [0.25, 0.3) is 0 Å². The van der Waals surface area contributed by atoms with E-state index in [1.165, 1.54) is 12.3 Å². The molecule has 0 saturated heterocycles. The van der Waals surface area contributed by atoms with Crippen molar-refractivity contribution in [2.24, 2.45) is 5.16 Å². The van der Waals surface area contributed by atoms with E-state index in [4.69, 9.17) is 10.3 Å². The molecule has 0 aromatic carbocycles. The summed E-state index contributed by atoms with van der Waals surface area (Å²) in [4.78, 5) is 10.3. The molecular formula is C5H5N3O3. The van der Waals surface area contributed by atoms with Crippen molar-refractivity contribution < 1.29 is 15.1 Å². The number of hydrogen-bond acceptors (Lipinski definition) is 4. The van der Waals surface area contributed by atoms with Crippen LogP contribution < -0.4 is 0 Å². The molecule has 0 fully saturated rings. The van der Waals surface area contributed by atoms with Gasteiger partial charge in [0.15, 0.2) is 0 Å². The Morgan fingerprint density at radius 1 is 1.73 bits per heavy atom. The van der Waals surface area contributed by atoms with Crippen LogP contribution in [0.2, 0.25) is 0 Å². The Kier molecular flexibility index (Phi) is 1.86. The van der Waals surface area contributed by atoms with Gasteiger partial charge in [0.2, 0.25) is 5.71 Å². The van der Waals surface area contributed by atoms with Crippen LogP contribution in [-0.2, 0) is 4.79 Å². The van der Waals surface area contributed by atoms with Crippen molar-refractivity contribution in [2.45, 2.75) is 0 Å². The fourth-order valence-electron chi connectivity index (χ4n) is 0.600. The molecule has 3 N–H and O–H groups in total. The fourth-order valence-corrected chi connectivity index (χ4v) is 0.600. The highest BCUT2D eigenvalue weighted by atomic mass is 16.4. The summed E-state index contributed by atoms with van der Waals surface area (Å²) in [6.45, 7) is 0. The van der Waals surface area contributed by atoms with E-state index in [0.29, 0.717) is 0 Å². The minimum Gasteiger partial charge on any atom is -0.476 e. The summed E-state index contributed by atoms with van der Waals surface area (Å²) >= 11 is 0. The van der Waals surface area contributed by atoms with Crippen molar-refractivity contribution in [3.05, 3.63) is 18.0 Å². The predicted octanol–water partition coefficient (Wildman–Crippen LogP) is -0.327. The lowest BCUT2D eigenvalue weighted by Gasteiger charge is -1.91. The highest BCUT2D eigenvalue weighted by molar-refractivity contribution is 6.41. The van der Waals surface area contributed by atoms with Gasteiger partial charge in [-0.15, -0.1) is 0 Å². The molecule has 6 heteroatoms. The van der Waals surface area contributed by atoms with Crippen LogP contribution in [0.5, 0.6) is 0 Å². The number of oxime groups is 1. The van der Waals surface area contributed by atoms with Gasteiger partial charge in [0, 0.05) is 6.20 Å². The van der Waals surface area contributed by atoms with Gasteiger partial charge in [-0.3, -0.25) is 5.10 Å². The van der Waals surface area contributed by atoms with Crippen LogP contribution >= 0.6 is 0 Å². The number of nitrogens with one attached hydrogen (secondary N) is 1. The lowest BCUT2D eigenvalue weighted by atomic mass is 10.3. The lowest BCUT2D eigenvalue weighted by molar-refractivity contribution is -0.129. The van der Waals surface area contributed by atoms with Crippen molar-refractivity contribution in [3.63, 3.8) is 0 Å². The number of H-pyrrole nitrogens is 1. The maximum atomic E-state index is 10.3. The zero-order valence-electron chi connectivity index (χ0n) is 5.35. The molecule has 1 heterocycles. The topological polar surface area (TPSA) is 98.6 Å². The van der Waals surface area contributed by atoms with E-state index in [0.717, 1.165) is 0 Å². The molecule has 0 aliphatic rings.